The minimum Gasteiger partial charge on any atom is -0.393 e. The van der Waals surface area contributed by atoms with Gasteiger partial charge in [-0.15, -0.1) is 11.6 Å². The van der Waals surface area contributed by atoms with Crippen molar-refractivity contribution in [2.75, 3.05) is 5.88 Å². The Labute approximate surface area is 157 Å². The fraction of sp³-hybridized carbons (Fsp3) is 0.952. The van der Waals surface area contributed by atoms with Gasteiger partial charge in [-0.2, -0.15) is 0 Å². The van der Waals surface area contributed by atoms with Gasteiger partial charge in [0.2, 0.25) is 5.91 Å². The molecule has 0 aromatic carbocycles. The van der Waals surface area contributed by atoms with Gasteiger partial charge in [-0.25, -0.2) is 0 Å². The molecule has 0 aliphatic heterocycles. The molecule has 4 saturated carbocycles. The molecule has 4 aliphatic rings. The van der Waals surface area contributed by atoms with Crippen LogP contribution in [0.3, 0.4) is 0 Å². The lowest BCUT2D eigenvalue weighted by molar-refractivity contribution is -0.128. The molecular weight excluding hydrogens is 334 g/mol. The minimum absolute atomic E-state index is 0.00685. The molecule has 4 aliphatic carbocycles. The number of carbonyl (C=O) groups excluding carboxylic acids is 1. The molecular formula is C21H34ClNO2. The van der Waals surface area contributed by atoms with E-state index in [1.54, 1.807) is 0 Å². The van der Waals surface area contributed by atoms with Crippen LogP contribution in [0, 0.1) is 34.5 Å². The van der Waals surface area contributed by atoms with Gasteiger partial charge in [-0.05, 0) is 92.3 Å². The molecule has 3 nitrogen and oxygen atoms in total. The van der Waals surface area contributed by atoms with E-state index in [1.165, 1.54) is 38.5 Å². The maximum absolute atomic E-state index is 11.9. The van der Waals surface area contributed by atoms with Crippen molar-refractivity contribution in [2.45, 2.75) is 83.8 Å². The van der Waals surface area contributed by atoms with E-state index in [-0.39, 0.29) is 23.3 Å². The van der Waals surface area contributed by atoms with E-state index in [4.69, 9.17) is 11.6 Å². The Morgan fingerprint density at radius 3 is 2.52 bits per heavy atom. The van der Waals surface area contributed by atoms with Crippen LogP contribution in [-0.4, -0.2) is 29.0 Å². The van der Waals surface area contributed by atoms with E-state index < -0.39 is 0 Å². The number of amides is 1. The molecule has 4 fully saturated rings. The van der Waals surface area contributed by atoms with Crippen molar-refractivity contribution < 1.29 is 9.90 Å². The van der Waals surface area contributed by atoms with Crippen molar-refractivity contribution in [3.8, 4) is 0 Å². The number of halogens is 1. The summed E-state index contributed by atoms with van der Waals surface area (Å²) in [6, 6.07) is 0.309. The molecule has 0 heterocycles. The van der Waals surface area contributed by atoms with Crippen molar-refractivity contribution in [1.29, 1.82) is 0 Å². The lowest BCUT2D eigenvalue weighted by Crippen LogP contribution is -2.56. The summed E-state index contributed by atoms with van der Waals surface area (Å²) >= 11 is 5.74. The van der Waals surface area contributed by atoms with Crippen molar-refractivity contribution in [2.24, 2.45) is 34.5 Å². The highest BCUT2D eigenvalue weighted by atomic mass is 35.5. The van der Waals surface area contributed by atoms with Gasteiger partial charge in [-0.1, -0.05) is 13.8 Å². The lowest BCUT2D eigenvalue weighted by Gasteiger charge is -2.60. The monoisotopic (exact) mass is 367 g/mol. The zero-order chi connectivity index (χ0) is 17.8. The summed E-state index contributed by atoms with van der Waals surface area (Å²) in [6.07, 6.45) is 10.7. The minimum atomic E-state index is -0.0647. The van der Waals surface area contributed by atoms with Crippen molar-refractivity contribution in [1.82, 2.24) is 5.32 Å². The Morgan fingerprint density at radius 2 is 1.76 bits per heavy atom. The maximum atomic E-state index is 11.9. The van der Waals surface area contributed by atoms with E-state index in [0.717, 1.165) is 42.9 Å². The van der Waals surface area contributed by atoms with Gasteiger partial charge in [0, 0.05) is 6.04 Å². The third-order valence-electron chi connectivity index (χ3n) is 9.09. The number of hydrogen-bond donors (Lipinski definition) is 2. The number of rotatable bonds is 2. The van der Waals surface area contributed by atoms with Crippen LogP contribution >= 0.6 is 11.6 Å². The first-order valence-corrected chi connectivity index (χ1v) is 11.0. The quantitative estimate of drug-likeness (QED) is 0.721. The Hall–Kier alpha value is -0.280. The highest BCUT2D eigenvalue weighted by Crippen LogP contribution is 2.66. The smallest absolute Gasteiger partial charge is 0.235 e. The second-order valence-corrected chi connectivity index (χ2v) is 10.2. The van der Waals surface area contributed by atoms with Gasteiger partial charge in [0.1, 0.15) is 5.88 Å². The van der Waals surface area contributed by atoms with Crippen LogP contribution in [-0.2, 0) is 4.79 Å². The maximum Gasteiger partial charge on any atom is 0.235 e. The van der Waals surface area contributed by atoms with E-state index in [9.17, 15) is 9.90 Å². The van der Waals surface area contributed by atoms with Crippen molar-refractivity contribution >= 4 is 17.5 Å². The number of fused-ring (bicyclic) bond motifs is 5. The van der Waals surface area contributed by atoms with Crippen molar-refractivity contribution in [3.05, 3.63) is 0 Å². The molecule has 0 unspecified atom stereocenters. The first-order chi connectivity index (χ1) is 11.9. The number of carbonyl (C=O) groups is 1. The normalized spacial score (nSPS) is 52.0. The predicted molar refractivity (Wildman–Crippen MR) is 100 cm³/mol. The molecule has 25 heavy (non-hydrogen) atoms. The summed E-state index contributed by atoms with van der Waals surface area (Å²) in [5.74, 6) is 3.16. The number of hydrogen-bond acceptors (Lipinski definition) is 2. The van der Waals surface area contributed by atoms with Crippen LogP contribution in [0.5, 0.6) is 0 Å². The number of nitrogens with one attached hydrogen (secondary N) is 1. The zero-order valence-electron chi connectivity index (χ0n) is 15.8. The van der Waals surface area contributed by atoms with Crippen LogP contribution in [0.1, 0.15) is 71.6 Å². The average Bonchev–Trinajstić information content (AvgIpc) is 2.92. The van der Waals surface area contributed by atoms with Crippen LogP contribution in [0.25, 0.3) is 0 Å². The summed E-state index contributed by atoms with van der Waals surface area (Å²) < 4.78 is 0. The topological polar surface area (TPSA) is 49.3 Å². The Bertz CT molecular complexity index is 540. The summed E-state index contributed by atoms with van der Waals surface area (Å²) in [4.78, 5) is 11.9. The zero-order valence-corrected chi connectivity index (χ0v) is 16.5. The molecule has 4 rings (SSSR count). The predicted octanol–water partition coefficient (Wildman–Crippen LogP) is 4.11. The van der Waals surface area contributed by atoms with E-state index in [1.807, 2.05) is 0 Å². The second kappa shape index (κ2) is 6.41. The van der Waals surface area contributed by atoms with Crippen LogP contribution in [0.4, 0.5) is 0 Å². The molecule has 142 valence electrons. The summed E-state index contributed by atoms with van der Waals surface area (Å²) in [5, 5.41) is 13.4. The van der Waals surface area contributed by atoms with Gasteiger partial charge in [0.25, 0.3) is 0 Å². The molecule has 2 N–H and O–H groups in total. The number of aliphatic hydroxyl groups is 1. The summed E-state index contributed by atoms with van der Waals surface area (Å²) in [7, 11) is 0. The molecule has 8 atom stereocenters. The molecule has 0 spiro atoms. The number of alkyl halides is 1. The molecule has 0 aromatic rings. The van der Waals surface area contributed by atoms with Crippen LogP contribution < -0.4 is 5.32 Å². The third-order valence-corrected chi connectivity index (χ3v) is 9.34. The average molecular weight is 368 g/mol. The van der Waals surface area contributed by atoms with Crippen LogP contribution in [0.2, 0.25) is 0 Å². The number of aliphatic hydroxyl groups excluding tert-OH is 1. The van der Waals surface area contributed by atoms with Gasteiger partial charge in [-0.3, -0.25) is 4.79 Å². The van der Waals surface area contributed by atoms with E-state index in [2.05, 4.69) is 19.2 Å². The molecule has 0 aromatic heterocycles. The highest BCUT2D eigenvalue weighted by molar-refractivity contribution is 6.27. The van der Waals surface area contributed by atoms with Gasteiger partial charge in [0.15, 0.2) is 0 Å². The fourth-order valence-corrected chi connectivity index (χ4v) is 7.78. The van der Waals surface area contributed by atoms with E-state index >= 15 is 0 Å². The summed E-state index contributed by atoms with van der Waals surface area (Å²) in [6.45, 7) is 4.96. The lowest BCUT2D eigenvalue weighted by atomic mass is 9.45. The molecule has 0 bridgehead atoms. The van der Waals surface area contributed by atoms with Gasteiger partial charge < -0.3 is 10.4 Å². The standard InChI is InChI=1S/C21H34ClNO2/c1-20-9-7-14(24)11-13(20)3-4-15-16-5-6-18(23-19(25)12-22)21(16,2)10-8-17(15)20/h13-18,24H,3-12H2,1-2H3,(H,23,25)/t13-,14+,15+,16+,17-,18+,20-,21-/m0/s1. The Morgan fingerprint density at radius 1 is 1.04 bits per heavy atom. The molecule has 0 radical (unpaired) electrons. The molecule has 4 heteroatoms. The Balaban J connectivity index is 1.55. The largest absolute Gasteiger partial charge is 0.393 e. The molecule has 1 amide bonds. The highest BCUT2D eigenvalue weighted by Gasteiger charge is 2.60. The summed E-state index contributed by atoms with van der Waals surface area (Å²) in [5.41, 5.74) is 0.682. The van der Waals surface area contributed by atoms with Crippen molar-refractivity contribution in [3.63, 3.8) is 0 Å². The second-order valence-electron chi connectivity index (χ2n) is 9.96. The first kappa shape index (κ1) is 18.1. The first-order valence-electron chi connectivity index (χ1n) is 10.4. The van der Waals surface area contributed by atoms with E-state index in [0.29, 0.717) is 11.5 Å². The SMILES string of the molecule is C[C@]12CC[C@H]3[C@H](CC[C@H]4C[C@H](O)CC[C@@]43C)[C@H]1CC[C@H]2NC(=O)CCl. The third kappa shape index (κ3) is 2.76. The van der Waals surface area contributed by atoms with Gasteiger partial charge in [0.05, 0.1) is 6.10 Å². The fourth-order valence-electron chi connectivity index (χ4n) is 7.71. The molecule has 0 saturated heterocycles. The van der Waals surface area contributed by atoms with Gasteiger partial charge >= 0.3 is 0 Å². The van der Waals surface area contributed by atoms with Crippen LogP contribution in [0.15, 0.2) is 0 Å². The Kier molecular flexibility index (Phi) is 4.64.